The van der Waals surface area contributed by atoms with Gasteiger partial charge in [-0.2, -0.15) is 22.0 Å². The predicted octanol–water partition coefficient (Wildman–Crippen LogP) is 2.55. The third kappa shape index (κ3) is 3.18. The molecule has 2 N–H and O–H groups in total. The molecule has 0 aliphatic rings. The lowest BCUT2D eigenvalue weighted by Gasteiger charge is -2.20. The van der Waals surface area contributed by atoms with Crippen LogP contribution in [0.4, 0.5) is 27.8 Å². The summed E-state index contributed by atoms with van der Waals surface area (Å²) in [6.45, 7) is -0.240. The first-order valence-corrected chi connectivity index (χ1v) is 4.44. The summed E-state index contributed by atoms with van der Waals surface area (Å²) in [6.07, 6.45) is -5.65. The first kappa shape index (κ1) is 13.5. The van der Waals surface area contributed by atoms with Crippen LogP contribution >= 0.6 is 0 Å². The lowest BCUT2D eigenvalue weighted by molar-refractivity contribution is -0.289. The number of nitrogen functional groups attached to an aromatic ring is 1. The Morgan fingerprint density at radius 1 is 1.24 bits per heavy atom. The lowest BCUT2D eigenvalue weighted by Crippen LogP contribution is -2.41. The number of halogens is 5. The summed E-state index contributed by atoms with van der Waals surface area (Å²) in [5, 5.41) is 0. The molecule has 0 spiro atoms. The van der Waals surface area contributed by atoms with Crippen molar-refractivity contribution in [1.29, 1.82) is 0 Å². The Bertz CT molecular complexity index is 405. The van der Waals surface area contributed by atoms with Gasteiger partial charge >= 0.3 is 12.1 Å². The maximum absolute atomic E-state index is 12.5. The van der Waals surface area contributed by atoms with Crippen molar-refractivity contribution >= 4 is 5.82 Å². The normalized spacial score (nSPS) is 12.6. The van der Waals surface area contributed by atoms with Gasteiger partial charge in [0.15, 0.2) is 18.2 Å². The average molecular weight is 256 g/mol. The number of aromatic nitrogens is 1. The predicted molar refractivity (Wildman–Crippen MR) is 49.9 cm³/mol. The molecule has 0 amide bonds. The minimum absolute atomic E-state index is 0.233. The standard InChI is InChI=1S/C9H9F5N2O/c1-5-2-3-6(7(15)16-5)17-4-8(10,11)9(12,13)14/h2-3H,4H2,1H3,(H2,15,16). The molecule has 17 heavy (non-hydrogen) atoms. The fourth-order valence-electron chi connectivity index (χ4n) is 0.936. The Morgan fingerprint density at radius 3 is 2.29 bits per heavy atom. The highest BCUT2D eigenvalue weighted by molar-refractivity contribution is 5.46. The number of hydrogen-bond donors (Lipinski definition) is 1. The lowest BCUT2D eigenvalue weighted by atomic mass is 10.3. The van der Waals surface area contributed by atoms with Crippen LogP contribution < -0.4 is 10.5 Å². The van der Waals surface area contributed by atoms with Crippen molar-refractivity contribution in [2.24, 2.45) is 0 Å². The van der Waals surface area contributed by atoms with E-state index in [4.69, 9.17) is 5.73 Å². The number of ether oxygens (including phenoxy) is 1. The number of aryl methyl sites for hydroxylation is 1. The molecule has 0 aromatic carbocycles. The first-order chi connectivity index (χ1) is 7.63. The fourth-order valence-corrected chi connectivity index (χ4v) is 0.936. The van der Waals surface area contributed by atoms with E-state index in [1.54, 1.807) is 6.92 Å². The Morgan fingerprint density at radius 2 is 1.82 bits per heavy atom. The molecule has 1 aromatic rings. The summed E-state index contributed by atoms with van der Waals surface area (Å²) in [7, 11) is 0. The zero-order chi connectivity index (χ0) is 13.3. The molecule has 0 saturated heterocycles. The van der Waals surface area contributed by atoms with Crippen LogP contribution in [0.1, 0.15) is 5.69 Å². The number of anilines is 1. The van der Waals surface area contributed by atoms with E-state index < -0.39 is 18.7 Å². The van der Waals surface area contributed by atoms with Gasteiger partial charge in [0.05, 0.1) is 0 Å². The van der Waals surface area contributed by atoms with Crippen LogP contribution in [0.15, 0.2) is 12.1 Å². The zero-order valence-electron chi connectivity index (χ0n) is 8.68. The van der Waals surface area contributed by atoms with Gasteiger partial charge in [-0.1, -0.05) is 0 Å². The highest BCUT2D eigenvalue weighted by Crippen LogP contribution is 2.36. The number of pyridine rings is 1. The Balaban J connectivity index is 2.74. The molecule has 0 aliphatic carbocycles. The Kier molecular flexibility index (Phi) is 3.44. The average Bonchev–Trinajstić information content (AvgIpc) is 2.14. The summed E-state index contributed by atoms with van der Waals surface area (Å²) >= 11 is 0. The smallest absolute Gasteiger partial charge is 0.456 e. The molecule has 0 unspecified atom stereocenters. The number of hydrogen-bond acceptors (Lipinski definition) is 3. The summed E-state index contributed by atoms with van der Waals surface area (Å²) < 4.78 is 64.8. The maximum Gasteiger partial charge on any atom is 0.456 e. The number of nitrogens with two attached hydrogens (primary N) is 1. The molecule has 3 nitrogen and oxygen atoms in total. The van der Waals surface area contributed by atoms with Crippen LogP contribution in [0.5, 0.6) is 5.75 Å². The third-order valence-corrected chi connectivity index (χ3v) is 1.85. The zero-order valence-corrected chi connectivity index (χ0v) is 8.68. The third-order valence-electron chi connectivity index (χ3n) is 1.85. The number of rotatable bonds is 3. The van der Waals surface area contributed by atoms with Crippen molar-refractivity contribution in [2.75, 3.05) is 12.3 Å². The van der Waals surface area contributed by atoms with Crippen molar-refractivity contribution in [1.82, 2.24) is 4.98 Å². The number of nitrogens with zero attached hydrogens (tertiary/aromatic N) is 1. The molecule has 1 heterocycles. The minimum atomic E-state index is -5.65. The molecule has 8 heteroatoms. The molecule has 0 saturated carbocycles. The second-order valence-corrected chi connectivity index (χ2v) is 3.33. The van der Waals surface area contributed by atoms with E-state index in [1.807, 2.05) is 0 Å². The largest absolute Gasteiger partial charge is 0.483 e. The molecular formula is C9H9F5N2O. The first-order valence-electron chi connectivity index (χ1n) is 4.44. The maximum atomic E-state index is 12.5. The van der Waals surface area contributed by atoms with Gasteiger partial charge in [0.1, 0.15) is 0 Å². The fraction of sp³-hybridized carbons (Fsp3) is 0.444. The topological polar surface area (TPSA) is 48.1 Å². The van der Waals surface area contributed by atoms with Crippen molar-refractivity contribution in [3.05, 3.63) is 17.8 Å². The van der Waals surface area contributed by atoms with Crippen LogP contribution in [0.2, 0.25) is 0 Å². The second-order valence-electron chi connectivity index (χ2n) is 3.33. The van der Waals surface area contributed by atoms with Crippen molar-refractivity contribution < 1.29 is 26.7 Å². The second kappa shape index (κ2) is 4.34. The van der Waals surface area contributed by atoms with E-state index >= 15 is 0 Å². The van der Waals surface area contributed by atoms with Gasteiger partial charge in [-0.05, 0) is 19.1 Å². The van der Waals surface area contributed by atoms with Crippen LogP contribution in [0.25, 0.3) is 0 Å². The monoisotopic (exact) mass is 256 g/mol. The van der Waals surface area contributed by atoms with Crippen LogP contribution in [-0.4, -0.2) is 23.7 Å². The number of alkyl halides is 5. The Labute approximate surface area is 93.4 Å². The van der Waals surface area contributed by atoms with Crippen molar-refractivity contribution in [3.63, 3.8) is 0 Å². The van der Waals surface area contributed by atoms with E-state index in [9.17, 15) is 22.0 Å². The van der Waals surface area contributed by atoms with E-state index in [2.05, 4.69) is 9.72 Å². The summed E-state index contributed by atoms with van der Waals surface area (Å²) in [6, 6.07) is 2.57. The van der Waals surface area contributed by atoms with Crippen LogP contribution in [0.3, 0.4) is 0 Å². The molecule has 0 fully saturated rings. The summed E-state index contributed by atoms with van der Waals surface area (Å²) in [5.74, 6) is -5.47. The molecular weight excluding hydrogens is 247 g/mol. The Hall–Kier alpha value is -1.60. The molecule has 0 radical (unpaired) electrons. The SMILES string of the molecule is Cc1ccc(OCC(F)(F)C(F)(F)F)c(N)n1. The quantitative estimate of drug-likeness (QED) is 0.845. The molecule has 0 bridgehead atoms. The van der Waals surface area contributed by atoms with E-state index in [1.165, 1.54) is 12.1 Å². The van der Waals surface area contributed by atoms with Crippen molar-refractivity contribution in [3.8, 4) is 5.75 Å². The molecule has 96 valence electrons. The molecule has 1 rings (SSSR count). The summed E-state index contributed by atoms with van der Waals surface area (Å²) in [5.41, 5.74) is 5.80. The molecule has 0 aliphatic heterocycles. The van der Waals surface area contributed by atoms with E-state index in [0.29, 0.717) is 5.69 Å². The highest BCUT2D eigenvalue weighted by Gasteiger charge is 2.58. The van der Waals surface area contributed by atoms with Crippen molar-refractivity contribution in [2.45, 2.75) is 19.0 Å². The van der Waals surface area contributed by atoms with Gasteiger partial charge in [-0.3, -0.25) is 0 Å². The van der Waals surface area contributed by atoms with Gasteiger partial charge in [-0.15, -0.1) is 0 Å². The molecule has 1 aromatic heterocycles. The van der Waals surface area contributed by atoms with Gasteiger partial charge in [-0.25, -0.2) is 4.98 Å². The minimum Gasteiger partial charge on any atom is -0.483 e. The van der Waals surface area contributed by atoms with Gasteiger partial charge in [0, 0.05) is 5.69 Å². The van der Waals surface area contributed by atoms with E-state index in [-0.39, 0.29) is 11.6 Å². The van der Waals surface area contributed by atoms with Crippen LogP contribution in [-0.2, 0) is 0 Å². The van der Waals surface area contributed by atoms with Gasteiger partial charge < -0.3 is 10.5 Å². The van der Waals surface area contributed by atoms with Crippen LogP contribution in [0, 0.1) is 6.92 Å². The summed E-state index contributed by atoms with van der Waals surface area (Å²) in [4.78, 5) is 3.66. The van der Waals surface area contributed by atoms with E-state index in [0.717, 1.165) is 0 Å². The van der Waals surface area contributed by atoms with Gasteiger partial charge in [0.25, 0.3) is 0 Å². The molecule has 0 atom stereocenters. The highest BCUT2D eigenvalue weighted by atomic mass is 19.4. The van der Waals surface area contributed by atoms with Gasteiger partial charge in [0.2, 0.25) is 0 Å².